The smallest absolute Gasteiger partial charge is 0.329 e. The van der Waals surface area contributed by atoms with Crippen LogP contribution in [0.3, 0.4) is 0 Å². The first kappa shape index (κ1) is 16.2. The van der Waals surface area contributed by atoms with Crippen molar-refractivity contribution in [3.63, 3.8) is 0 Å². The predicted octanol–water partition coefficient (Wildman–Crippen LogP) is 1.27. The van der Waals surface area contributed by atoms with E-state index in [1.165, 1.54) is 6.92 Å². The molecular weight excluding hydrogens is 320 g/mol. The molecule has 0 N–H and O–H groups in total. The van der Waals surface area contributed by atoms with Crippen LogP contribution in [-0.2, 0) is 16.1 Å². The molecule has 1 atom stereocenters. The molecule has 4 rings (SSSR count). The average molecular weight is 344 g/mol. The second kappa shape index (κ2) is 6.20. The van der Waals surface area contributed by atoms with Gasteiger partial charge in [-0.1, -0.05) is 0 Å². The van der Waals surface area contributed by atoms with Gasteiger partial charge in [0.15, 0.2) is 0 Å². The van der Waals surface area contributed by atoms with Gasteiger partial charge in [-0.25, -0.2) is 4.79 Å². The highest BCUT2D eigenvalue weighted by molar-refractivity contribution is 5.87. The lowest BCUT2D eigenvalue weighted by Gasteiger charge is -2.38. The Morgan fingerprint density at radius 2 is 1.88 bits per heavy atom. The Balaban J connectivity index is 1.36. The Bertz CT molecular complexity index is 705. The lowest BCUT2D eigenvalue weighted by Crippen LogP contribution is -2.52. The molecule has 0 saturated carbocycles. The minimum Gasteiger partial charge on any atom is -0.341 e. The Kier molecular flexibility index (Phi) is 4.01. The van der Waals surface area contributed by atoms with Gasteiger partial charge in [-0.3, -0.25) is 14.2 Å². The molecule has 7 nitrogen and oxygen atoms in total. The van der Waals surface area contributed by atoms with E-state index < -0.39 is 0 Å². The lowest BCUT2D eigenvalue weighted by molar-refractivity contribution is -0.143. The Morgan fingerprint density at radius 3 is 2.56 bits per heavy atom. The molecule has 0 radical (unpaired) electrons. The molecule has 3 aliphatic heterocycles. The molecule has 1 unspecified atom stereocenters. The Labute approximate surface area is 147 Å². The second-order valence-electron chi connectivity index (χ2n) is 7.21. The number of rotatable bonds is 2. The first-order valence-electron chi connectivity index (χ1n) is 9.09. The van der Waals surface area contributed by atoms with Crippen molar-refractivity contribution in [2.45, 2.75) is 51.2 Å². The van der Waals surface area contributed by atoms with Crippen LogP contribution in [0.2, 0.25) is 0 Å². The number of hydrogen-bond donors (Lipinski definition) is 0. The molecule has 0 bridgehead atoms. The van der Waals surface area contributed by atoms with E-state index in [0.717, 1.165) is 31.4 Å². The van der Waals surface area contributed by atoms with E-state index in [2.05, 4.69) is 0 Å². The summed E-state index contributed by atoms with van der Waals surface area (Å²) >= 11 is 0. The maximum Gasteiger partial charge on any atom is 0.329 e. The van der Waals surface area contributed by atoms with Crippen molar-refractivity contribution in [2.75, 3.05) is 19.6 Å². The molecular formula is C18H24N4O3. The summed E-state index contributed by atoms with van der Waals surface area (Å²) < 4.78 is 1.71. The van der Waals surface area contributed by atoms with Crippen LogP contribution in [0.4, 0.5) is 4.79 Å². The van der Waals surface area contributed by atoms with Gasteiger partial charge in [0.2, 0.25) is 11.8 Å². The first-order valence-corrected chi connectivity index (χ1v) is 9.09. The van der Waals surface area contributed by atoms with E-state index in [-0.39, 0.29) is 29.9 Å². The van der Waals surface area contributed by atoms with Gasteiger partial charge >= 0.3 is 6.03 Å². The summed E-state index contributed by atoms with van der Waals surface area (Å²) in [5.41, 5.74) is 1.03. The summed E-state index contributed by atoms with van der Waals surface area (Å²) in [7, 11) is 0. The zero-order chi connectivity index (χ0) is 17.6. The zero-order valence-corrected chi connectivity index (χ0v) is 14.6. The summed E-state index contributed by atoms with van der Waals surface area (Å²) in [6.45, 7) is 4.19. The molecule has 134 valence electrons. The van der Waals surface area contributed by atoms with E-state index in [4.69, 9.17) is 0 Å². The van der Waals surface area contributed by atoms with Crippen molar-refractivity contribution in [3.05, 3.63) is 24.0 Å². The van der Waals surface area contributed by atoms with Crippen LogP contribution in [0.5, 0.6) is 0 Å². The van der Waals surface area contributed by atoms with Crippen LogP contribution in [0.15, 0.2) is 18.3 Å². The third-order valence-corrected chi connectivity index (χ3v) is 5.78. The maximum absolute atomic E-state index is 12.8. The van der Waals surface area contributed by atoms with Crippen LogP contribution in [0.1, 0.15) is 38.3 Å². The van der Waals surface area contributed by atoms with Gasteiger partial charge in [0.25, 0.3) is 0 Å². The largest absolute Gasteiger partial charge is 0.341 e. The molecule has 7 heteroatoms. The normalized spacial score (nSPS) is 24.1. The van der Waals surface area contributed by atoms with Crippen molar-refractivity contribution >= 4 is 17.8 Å². The van der Waals surface area contributed by atoms with Crippen molar-refractivity contribution in [2.24, 2.45) is 0 Å². The fourth-order valence-electron chi connectivity index (χ4n) is 4.41. The van der Waals surface area contributed by atoms with Crippen LogP contribution in [0.25, 0.3) is 0 Å². The van der Waals surface area contributed by atoms with Gasteiger partial charge in [0.1, 0.15) is 6.04 Å². The molecule has 0 spiro atoms. The lowest BCUT2D eigenvalue weighted by atomic mass is 10.0. The van der Waals surface area contributed by atoms with Gasteiger partial charge in [-0.05, 0) is 37.8 Å². The Morgan fingerprint density at radius 1 is 1.12 bits per heavy atom. The number of carbonyl (C=O) groups is 3. The highest BCUT2D eigenvalue weighted by Gasteiger charge is 2.38. The average Bonchev–Trinajstić information content (AvgIpc) is 3.32. The number of likely N-dealkylation sites (tertiary alicyclic amines) is 2. The summed E-state index contributed by atoms with van der Waals surface area (Å²) in [5.74, 6) is 0.0560. The van der Waals surface area contributed by atoms with E-state index in [1.54, 1.807) is 9.47 Å². The molecule has 3 aliphatic rings. The van der Waals surface area contributed by atoms with E-state index >= 15 is 0 Å². The highest BCUT2D eigenvalue weighted by atomic mass is 16.2. The molecule has 1 aromatic heterocycles. The summed E-state index contributed by atoms with van der Waals surface area (Å²) in [6.07, 6.45) is 5.07. The fourth-order valence-corrected chi connectivity index (χ4v) is 4.41. The number of nitrogens with zero attached hydrogens (tertiary/aromatic N) is 4. The van der Waals surface area contributed by atoms with Crippen molar-refractivity contribution in [1.29, 1.82) is 0 Å². The molecule has 4 heterocycles. The summed E-state index contributed by atoms with van der Waals surface area (Å²) in [4.78, 5) is 42.5. The summed E-state index contributed by atoms with van der Waals surface area (Å²) in [6, 6.07) is 3.82. The molecule has 25 heavy (non-hydrogen) atoms. The van der Waals surface area contributed by atoms with Crippen molar-refractivity contribution < 1.29 is 14.4 Å². The van der Waals surface area contributed by atoms with Crippen LogP contribution < -0.4 is 0 Å². The summed E-state index contributed by atoms with van der Waals surface area (Å²) in [5, 5.41) is 0. The second-order valence-corrected chi connectivity index (χ2v) is 7.21. The third kappa shape index (κ3) is 2.71. The quantitative estimate of drug-likeness (QED) is 0.812. The number of aromatic nitrogens is 1. The number of carbonyl (C=O) groups excluding carboxylic acids is 3. The van der Waals surface area contributed by atoms with Crippen molar-refractivity contribution in [1.82, 2.24) is 19.3 Å². The van der Waals surface area contributed by atoms with E-state index in [1.807, 2.05) is 28.1 Å². The molecule has 2 fully saturated rings. The van der Waals surface area contributed by atoms with Gasteiger partial charge in [-0.2, -0.15) is 0 Å². The SMILES string of the molecule is CC(=O)N1CCCC1C(=O)N1CCC(N2Cc3cccn3C2=O)CC1. The molecule has 0 aliphatic carbocycles. The third-order valence-electron chi connectivity index (χ3n) is 5.78. The van der Waals surface area contributed by atoms with Crippen LogP contribution in [0, 0.1) is 0 Å². The van der Waals surface area contributed by atoms with Crippen LogP contribution in [-0.4, -0.2) is 68.8 Å². The maximum atomic E-state index is 12.8. The zero-order valence-electron chi connectivity index (χ0n) is 14.6. The minimum atomic E-state index is -0.289. The van der Waals surface area contributed by atoms with Gasteiger partial charge in [0.05, 0.1) is 6.54 Å². The molecule has 1 aromatic rings. The van der Waals surface area contributed by atoms with Gasteiger partial charge in [0, 0.05) is 44.5 Å². The van der Waals surface area contributed by atoms with E-state index in [9.17, 15) is 14.4 Å². The predicted molar refractivity (Wildman–Crippen MR) is 90.8 cm³/mol. The first-order chi connectivity index (χ1) is 12.1. The Hall–Kier alpha value is -2.31. The van der Waals surface area contributed by atoms with Crippen molar-refractivity contribution in [3.8, 4) is 0 Å². The molecule has 3 amide bonds. The standard InChI is InChI=1S/C18H24N4O3/c1-13(23)20-8-3-5-16(20)17(24)19-10-6-14(7-11-19)22-12-15-4-2-9-21(15)18(22)25/h2,4,9,14,16H,3,5-8,10-12H2,1H3. The highest BCUT2D eigenvalue weighted by Crippen LogP contribution is 2.27. The molecule has 0 aromatic carbocycles. The van der Waals surface area contributed by atoms with Crippen LogP contribution >= 0.6 is 0 Å². The van der Waals surface area contributed by atoms with Gasteiger partial charge in [-0.15, -0.1) is 0 Å². The fraction of sp³-hybridized carbons (Fsp3) is 0.611. The number of fused-ring (bicyclic) bond motifs is 1. The monoisotopic (exact) mass is 344 g/mol. The number of hydrogen-bond acceptors (Lipinski definition) is 3. The van der Waals surface area contributed by atoms with Gasteiger partial charge < -0.3 is 14.7 Å². The minimum absolute atomic E-state index is 0.0182. The number of amides is 3. The molecule has 2 saturated heterocycles. The number of piperidine rings is 1. The topological polar surface area (TPSA) is 65.9 Å². The van der Waals surface area contributed by atoms with E-state index in [0.29, 0.717) is 26.2 Å².